The van der Waals surface area contributed by atoms with E-state index >= 15 is 0 Å². The van der Waals surface area contributed by atoms with Crippen LogP contribution in [0.3, 0.4) is 0 Å². The first-order chi connectivity index (χ1) is 13.1. The number of benzene rings is 2. The lowest BCUT2D eigenvalue weighted by molar-refractivity contribution is 0.639. The van der Waals surface area contributed by atoms with Crippen LogP contribution < -0.4 is 5.32 Å². The van der Waals surface area contributed by atoms with E-state index in [0.29, 0.717) is 16.5 Å². The lowest BCUT2D eigenvalue weighted by Crippen LogP contribution is -2.27. The summed E-state index contributed by atoms with van der Waals surface area (Å²) in [7, 11) is 0. The van der Waals surface area contributed by atoms with Gasteiger partial charge in [0, 0.05) is 23.3 Å². The zero-order valence-electron chi connectivity index (χ0n) is 14.9. The van der Waals surface area contributed by atoms with Crippen LogP contribution in [0, 0.1) is 6.92 Å². The number of aryl methyl sites for hydroxylation is 1. The predicted molar refractivity (Wildman–Crippen MR) is 117 cm³/mol. The summed E-state index contributed by atoms with van der Waals surface area (Å²) in [6.45, 7) is 2.97. The Kier molecular flexibility index (Phi) is 5.58. The van der Waals surface area contributed by atoms with Gasteiger partial charge < -0.3 is 5.32 Å². The first kappa shape index (κ1) is 18.6. The molecule has 0 saturated heterocycles. The van der Waals surface area contributed by atoms with E-state index in [1.807, 2.05) is 30.3 Å². The van der Waals surface area contributed by atoms with Gasteiger partial charge in [0.05, 0.1) is 28.1 Å². The average Bonchev–Trinajstić information content (AvgIpc) is 3.17. The fourth-order valence-corrected chi connectivity index (χ4v) is 4.56. The van der Waals surface area contributed by atoms with E-state index in [2.05, 4.69) is 35.4 Å². The molecule has 3 nitrogen and oxygen atoms in total. The van der Waals surface area contributed by atoms with Gasteiger partial charge in [0.25, 0.3) is 0 Å². The van der Waals surface area contributed by atoms with Crippen molar-refractivity contribution >= 4 is 51.0 Å². The number of thioether (sulfide) groups is 1. The van der Waals surface area contributed by atoms with E-state index in [4.69, 9.17) is 28.2 Å². The summed E-state index contributed by atoms with van der Waals surface area (Å²) < 4.78 is 0. The molecule has 6 heteroatoms. The first-order valence-electron chi connectivity index (χ1n) is 8.85. The zero-order valence-corrected chi connectivity index (χ0v) is 17.2. The van der Waals surface area contributed by atoms with Crippen LogP contribution in [-0.4, -0.2) is 22.4 Å². The maximum Gasteiger partial charge on any atom is 0.157 e. The largest absolute Gasteiger partial charge is 0.358 e. The molecule has 4 rings (SSSR count). The Morgan fingerprint density at radius 2 is 2.00 bits per heavy atom. The third-order valence-electron chi connectivity index (χ3n) is 4.63. The first-order valence-corrected chi connectivity index (χ1v) is 10.6. The number of rotatable bonds is 4. The molecule has 0 spiro atoms. The van der Waals surface area contributed by atoms with Crippen molar-refractivity contribution in [1.82, 2.24) is 10.3 Å². The molecule has 0 saturated carbocycles. The number of hydrogen-bond acceptors (Lipinski definition) is 4. The molecule has 1 aromatic heterocycles. The molecule has 0 aliphatic carbocycles. The summed E-state index contributed by atoms with van der Waals surface area (Å²) in [5.74, 6) is 1.01. The molecule has 2 heterocycles. The highest BCUT2D eigenvalue weighted by molar-refractivity contribution is 8.14. The van der Waals surface area contributed by atoms with Crippen LogP contribution in [0.25, 0.3) is 10.9 Å². The van der Waals surface area contributed by atoms with E-state index in [0.717, 1.165) is 34.2 Å². The van der Waals surface area contributed by atoms with Crippen molar-refractivity contribution in [3.05, 3.63) is 75.4 Å². The Morgan fingerprint density at radius 3 is 2.81 bits per heavy atom. The van der Waals surface area contributed by atoms with Crippen molar-refractivity contribution in [3.8, 4) is 0 Å². The second-order valence-corrected chi connectivity index (χ2v) is 8.40. The van der Waals surface area contributed by atoms with Gasteiger partial charge in [0.15, 0.2) is 5.17 Å². The molecule has 1 unspecified atom stereocenters. The molecule has 3 aromatic rings. The molecule has 1 aliphatic heterocycles. The molecular weight excluding hydrogens is 397 g/mol. The highest BCUT2D eigenvalue weighted by atomic mass is 35.5. The van der Waals surface area contributed by atoms with Crippen molar-refractivity contribution in [2.45, 2.75) is 19.4 Å². The van der Waals surface area contributed by atoms with Crippen molar-refractivity contribution in [3.63, 3.8) is 0 Å². The van der Waals surface area contributed by atoms with E-state index in [9.17, 15) is 0 Å². The number of amidine groups is 1. The Morgan fingerprint density at radius 1 is 1.15 bits per heavy atom. The number of pyridine rings is 1. The van der Waals surface area contributed by atoms with Crippen LogP contribution in [0.4, 0.5) is 0 Å². The van der Waals surface area contributed by atoms with Crippen LogP contribution in [0.2, 0.25) is 10.0 Å². The normalized spacial score (nSPS) is 15.0. The van der Waals surface area contributed by atoms with Gasteiger partial charge in [0.1, 0.15) is 0 Å². The fourth-order valence-electron chi connectivity index (χ4n) is 3.33. The number of nitrogens with one attached hydrogen (secondary N) is 1. The SMILES string of the molecule is Cc1cc(CC(NC2=NCCS2)c2cccc(Cl)c2Cl)nc2ccccc12. The molecule has 138 valence electrons. The third kappa shape index (κ3) is 4.08. The van der Waals surface area contributed by atoms with Gasteiger partial charge in [-0.2, -0.15) is 0 Å². The second kappa shape index (κ2) is 8.09. The number of halogens is 2. The minimum atomic E-state index is -0.0476. The Labute approximate surface area is 173 Å². The van der Waals surface area contributed by atoms with Gasteiger partial charge >= 0.3 is 0 Å². The van der Waals surface area contributed by atoms with Crippen molar-refractivity contribution in [2.24, 2.45) is 4.99 Å². The van der Waals surface area contributed by atoms with Gasteiger partial charge in [-0.1, -0.05) is 65.3 Å². The maximum absolute atomic E-state index is 6.53. The molecule has 1 atom stereocenters. The molecule has 0 amide bonds. The molecular formula is C21H19Cl2N3S. The number of para-hydroxylation sites is 1. The number of hydrogen-bond donors (Lipinski definition) is 1. The monoisotopic (exact) mass is 415 g/mol. The number of aliphatic imine (C=N–C) groups is 1. The zero-order chi connectivity index (χ0) is 18.8. The van der Waals surface area contributed by atoms with E-state index in [1.165, 1.54) is 10.9 Å². The maximum atomic E-state index is 6.53. The number of fused-ring (bicyclic) bond motifs is 1. The average molecular weight is 416 g/mol. The van der Waals surface area contributed by atoms with Gasteiger partial charge in [-0.15, -0.1) is 0 Å². The second-order valence-electron chi connectivity index (χ2n) is 6.53. The Hall–Kier alpha value is -1.75. The fraction of sp³-hybridized carbons (Fsp3) is 0.238. The molecule has 1 N–H and O–H groups in total. The van der Waals surface area contributed by atoms with E-state index in [1.54, 1.807) is 11.8 Å². The van der Waals surface area contributed by atoms with Crippen molar-refractivity contribution in [2.75, 3.05) is 12.3 Å². The summed E-state index contributed by atoms with van der Waals surface area (Å²) >= 11 is 14.5. The molecule has 0 radical (unpaired) electrons. The van der Waals surface area contributed by atoms with Gasteiger partial charge in [-0.05, 0) is 36.2 Å². The molecule has 2 aromatic carbocycles. The Balaban J connectivity index is 1.71. The van der Waals surface area contributed by atoms with E-state index in [-0.39, 0.29) is 6.04 Å². The summed E-state index contributed by atoms with van der Waals surface area (Å²) in [6.07, 6.45) is 0.700. The quantitative estimate of drug-likeness (QED) is 0.582. The van der Waals surface area contributed by atoms with Gasteiger partial charge in [-0.3, -0.25) is 9.98 Å². The van der Waals surface area contributed by atoms with Crippen LogP contribution in [-0.2, 0) is 6.42 Å². The number of nitrogens with zero attached hydrogens (tertiary/aromatic N) is 2. The summed E-state index contributed by atoms with van der Waals surface area (Å²) in [4.78, 5) is 9.40. The third-order valence-corrected chi connectivity index (χ3v) is 6.37. The lowest BCUT2D eigenvalue weighted by Gasteiger charge is -2.22. The molecule has 1 aliphatic rings. The highest BCUT2D eigenvalue weighted by Gasteiger charge is 2.21. The van der Waals surface area contributed by atoms with E-state index < -0.39 is 0 Å². The van der Waals surface area contributed by atoms with Crippen molar-refractivity contribution < 1.29 is 0 Å². The topological polar surface area (TPSA) is 37.3 Å². The molecule has 27 heavy (non-hydrogen) atoms. The van der Waals surface area contributed by atoms with Crippen LogP contribution in [0.1, 0.15) is 22.9 Å². The van der Waals surface area contributed by atoms with Crippen LogP contribution >= 0.6 is 35.0 Å². The summed E-state index contributed by atoms with van der Waals surface area (Å²) in [5.41, 5.74) is 4.21. The predicted octanol–water partition coefficient (Wildman–Crippen LogP) is 5.83. The number of aromatic nitrogens is 1. The lowest BCUT2D eigenvalue weighted by atomic mass is 10.00. The summed E-state index contributed by atoms with van der Waals surface area (Å²) in [5, 5.41) is 6.82. The standard InChI is InChI=1S/C21H19Cl2N3S/c1-13-11-14(25-18-8-3-2-5-15(13)18)12-19(26-21-24-9-10-27-21)16-6-4-7-17(22)20(16)23/h2-8,11,19H,9-10,12H2,1H3,(H,24,26). The van der Waals surface area contributed by atoms with Crippen molar-refractivity contribution in [1.29, 1.82) is 0 Å². The molecule has 0 fully saturated rings. The molecule has 0 bridgehead atoms. The minimum absolute atomic E-state index is 0.0476. The smallest absolute Gasteiger partial charge is 0.157 e. The van der Waals surface area contributed by atoms with Crippen LogP contribution in [0.15, 0.2) is 53.5 Å². The Bertz CT molecular complexity index is 1020. The van der Waals surface area contributed by atoms with Gasteiger partial charge in [0.2, 0.25) is 0 Å². The summed E-state index contributed by atoms with van der Waals surface area (Å²) in [6, 6.07) is 16.1. The van der Waals surface area contributed by atoms with Crippen LogP contribution in [0.5, 0.6) is 0 Å². The van der Waals surface area contributed by atoms with Gasteiger partial charge in [-0.25, -0.2) is 0 Å². The minimum Gasteiger partial charge on any atom is -0.358 e. The highest BCUT2D eigenvalue weighted by Crippen LogP contribution is 2.32.